The van der Waals surface area contributed by atoms with Gasteiger partial charge in [-0.15, -0.1) is 0 Å². The molecule has 0 N–H and O–H groups in total. The number of benzene rings is 1. The molecule has 0 aliphatic carbocycles. The average Bonchev–Trinajstić information content (AvgIpc) is 2.73. The Bertz CT molecular complexity index is 634. The second-order valence-corrected chi connectivity index (χ2v) is 5.28. The van der Waals surface area contributed by atoms with Crippen molar-refractivity contribution in [2.75, 3.05) is 7.05 Å². The highest BCUT2D eigenvalue weighted by Gasteiger charge is 2.22. The summed E-state index contributed by atoms with van der Waals surface area (Å²) in [5, 5.41) is 0. The lowest BCUT2D eigenvalue weighted by molar-refractivity contribution is 0.0770. The van der Waals surface area contributed by atoms with Crippen molar-refractivity contribution in [2.45, 2.75) is 6.54 Å². The number of hydrogen-bond acceptors (Lipinski definition) is 2. The monoisotopic (exact) mass is 343 g/mol. The minimum absolute atomic E-state index is 0.164. The van der Waals surface area contributed by atoms with Crippen molar-refractivity contribution in [2.24, 2.45) is 7.05 Å². The van der Waals surface area contributed by atoms with Gasteiger partial charge in [0.25, 0.3) is 5.91 Å². The lowest BCUT2D eigenvalue weighted by Crippen LogP contribution is -2.29. The predicted octanol–water partition coefficient (Wildman–Crippen LogP) is 2.73. The summed E-state index contributed by atoms with van der Waals surface area (Å²) in [5.41, 5.74) is -0.565. The van der Waals surface area contributed by atoms with E-state index in [1.165, 1.54) is 11.9 Å². The molecule has 0 aliphatic heterocycles. The molecule has 1 heterocycles. The van der Waals surface area contributed by atoms with Crippen LogP contribution in [-0.2, 0) is 13.6 Å². The van der Waals surface area contributed by atoms with Crippen LogP contribution in [0.3, 0.4) is 0 Å². The molecule has 20 heavy (non-hydrogen) atoms. The van der Waals surface area contributed by atoms with Gasteiger partial charge in [-0.25, -0.2) is 13.8 Å². The highest BCUT2D eigenvalue weighted by Crippen LogP contribution is 2.21. The fourth-order valence-electron chi connectivity index (χ4n) is 1.77. The van der Waals surface area contributed by atoms with Crippen molar-refractivity contribution >= 4 is 21.8 Å². The molecule has 7 heteroatoms. The van der Waals surface area contributed by atoms with E-state index in [-0.39, 0.29) is 11.0 Å². The summed E-state index contributed by atoms with van der Waals surface area (Å²) in [5.74, 6) is -1.89. The third-order valence-electron chi connectivity index (χ3n) is 2.87. The maximum atomic E-state index is 13.7. The second kappa shape index (κ2) is 5.70. The summed E-state index contributed by atoms with van der Waals surface area (Å²) in [7, 11) is 3.25. The van der Waals surface area contributed by atoms with Crippen molar-refractivity contribution in [3.8, 4) is 0 Å². The fourth-order valence-corrected chi connectivity index (χ4v) is 2.17. The van der Waals surface area contributed by atoms with Crippen molar-refractivity contribution in [3.63, 3.8) is 0 Å². The van der Waals surface area contributed by atoms with Crippen LogP contribution < -0.4 is 0 Å². The van der Waals surface area contributed by atoms with Crippen LogP contribution in [0.2, 0.25) is 0 Å². The normalized spacial score (nSPS) is 10.7. The van der Waals surface area contributed by atoms with Gasteiger partial charge < -0.3 is 9.47 Å². The Balaban J connectivity index is 2.25. The Labute approximate surface area is 123 Å². The summed E-state index contributed by atoms with van der Waals surface area (Å²) in [6.45, 7) is 0.164. The van der Waals surface area contributed by atoms with E-state index in [4.69, 9.17) is 0 Å². The van der Waals surface area contributed by atoms with Crippen molar-refractivity contribution < 1.29 is 13.6 Å². The first-order valence-corrected chi connectivity index (χ1v) is 6.55. The first kappa shape index (κ1) is 14.6. The van der Waals surface area contributed by atoms with Gasteiger partial charge in [-0.2, -0.15) is 0 Å². The van der Waals surface area contributed by atoms with Crippen LogP contribution in [0.15, 0.2) is 29.0 Å². The number of aryl methyl sites for hydroxylation is 1. The molecule has 0 fully saturated rings. The van der Waals surface area contributed by atoms with Crippen molar-refractivity contribution in [1.29, 1.82) is 0 Å². The van der Waals surface area contributed by atoms with Gasteiger partial charge in [-0.1, -0.05) is 15.9 Å². The van der Waals surface area contributed by atoms with Crippen LogP contribution in [0.4, 0.5) is 8.78 Å². The minimum Gasteiger partial charge on any atom is -0.337 e. The zero-order chi connectivity index (χ0) is 14.9. The Morgan fingerprint density at radius 2 is 2.00 bits per heavy atom. The Morgan fingerprint density at radius 1 is 1.40 bits per heavy atom. The number of aromatic nitrogens is 2. The number of nitrogens with zero attached hydrogens (tertiary/aromatic N) is 3. The molecule has 0 saturated carbocycles. The third-order valence-corrected chi connectivity index (χ3v) is 3.32. The molecule has 0 unspecified atom stereocenters. The number of hydrogen-bond donors (Lipinski definition) is 0. The maximum Gasteiger partial charge on any atom is 0.259 e. The predicted molar refractivity (Wildman–Crippen MR) is 73.1 cm³/mol. The van der Waals surface area contributed by atoms with Crippen LogP contribution in [0.5, 0.6) is 0 Å². The van der Waals surface area contributed by atoms with Gasteiger partial charge in [-0.05, 0) is 12.1 Å². The largest absolute Gasteiger partial charge is 0.337 e. The highest BCUT2D eigenvalue weighted by atomic mass is 79.9. The van der Waals surface area contributed by atoms with Gasteiger partial charge in [0.2, 0.25) is 0 Å². The van der Waals surface area contributed by atoms with E-state index < -0.39 is 23.1 Å². The van der Waals surface area contributed by atoms with E-state index in [9.17, 15) is 13.6 Å². The molecule has 2 aromatic rings. The highest BCUT2D eigenvalue weighted by molar-refractivity contribution is 9.10. The Hall–Kier alpha value is -1.76. The van der Waals surface area contributed by atoms with Crippen LogP contribution in [0.1, 0.15) is 16.2 Å². The number of carbonyl (C=O) groups excluding carboxylic acids is 1. The zero-order valence-corrected chi connectivity index (χ0v) is 12.5. The van der Waals surface area contributed by atoms with Crippen LogP contribution in [0.25, 0.3) is 0 Å². The lowest BCUT2D eigenvalue weighted by atomic mass is 10.1. The molecule has 0 bridgehead atoms. The summed E-state index contributed by atoms with van der Waals surface area (Å²) in [6, 6.07) is 2.12. The molecule has 0 saturated heterocycles. The lowest BCUT2D eigenvalue weighted by Gasteiger charge is -2.17. The van der Waals surface area contributed by atoms with Crippen LogP contribution in [-0.4, -0.2) is 27.4 Å². The van der Waals surface area contributed by atoms with Gasteiger partial charge in [0.15, 0.2) is 0 Å². The summed E-state index contributed by atoms with van der Waals surface area (Å²) in [4.78, 5) is 17.4. The van der Waals surface area contributed by atoms with Crippen LogP contribution >= 0.6 is 15.9 Å². The number of amides is 1. The van der Waals surface area contributed by atoms with Gasteiger partial charge in [-0.3, -0.25) is 4.79 Å². The first-order valence-electron chi connectivity index (χ1n) is 5.76. The summed E-state index contributed by atoms with van der Waals surface area (Å²) in [6.07, 6.45) is 3.32. The standard InChI is InChI=1S/C13H12BrF2N3O/c1-18-4-3-17-11(18)7-19(2)13(20)12-9(15)5-8(14)6-10(12)16/h3-6H,7H2,1-2H3. The molecule has 0 radical (unpaired) electrons. The molecular formula is C13H12BrF2N3O. The fraction of sp³-hybridized carbons (Fsp3) is 0.231. The van der Waals surface area contributed by atoms with Gasteiger partial charge >= 0.3 is 0 Å². The van der Waals surface area contributed by atoms with E-state index in [1.54, 1.807) is 24.0 Å². The molecule has 4 nitrogen and oxygen atoms in total. The molecule has 106 valence electrons. The molecule has 1 amide bonds. The van der Waals surface area contributed by atoms with Gasteiger partial charge in [0, 0.05) is 31.0 Å². The third kappa shape index (κ3) is 2.87. The van der Waals surface area contributed by atoms with E-state index in [0.717, 1.165) is 12.1 Å². The van der Waals surface area contributed by atoms with E-state index >= 15 is 0 Å². The van der Waals surface area contributed by atoms with E-state index in [2.05, 4.69) is 20.9 Å². The summed E-state index contributed by atoms with van der Waals surface area (Å²) < 4.78 is 29.5. The SMILES string of the molecule is CN(Cc1nccn1C)C(=O)c1c(F)cc(Br)cc1F. The minimum atomic E-state index is -0.895. The van der Waals surface area contributed by atoms with Crippen molar-refractivity contribution in [1.82, 2.24) is 14.5 Å². The molecule has 1 aromatic heterocycles. The number of carbonyl (C=O) groups is 1. The average molecular weight is 344 g/mol. The Kier molecular flexibility index (Phi) is 4.17. The van der Waals surface area contributed by atoms with E-state index in [1.807, 2.05) is 0 Å². The van der Waals surface area contributed by atoms with Gasteiger partial charge in [0.05, 0.1) is 6.54 Å². The number of halogens is 3. The second-order valence-electron chi connectivity index (χ2n) is 4.36. The number of imidazole rings is 1. The Morgan fingerprint density at radius 3 is 2.50 bits per heavy atom. The molecular weight excluding hydrogens is 332 g/mol. The first-order chi connectivity index (χ1) is 9.40. The molecule has 0 atom stereocenters. The molecule has 1 aromatic carbocycles. The smallest absolute Gasteiger partial charge is 0.259 e. The van der Waals surface area contributed by atoms with Gasteiger partial charge in [0.1, 0.15) is 23.0 Å². The van der Waals surface area contributed by atoms with Crippen molar-refractivity contribution in [3.05, 3.63) is 52.0 Å². The van der Waals surface area contributed by atoms with Crippen LogP contribution in [0, 0.1) is 11.6 Å². The zero-order valence-electron chi connectivity index (χ0n) is 10.9. The topological polar surface area (TPSA) is 38.1 Å². The molecule has 0 aliphatic rings. The maximum absolute atomic E-state index is 13.7. The number of rotatable bonds is 3. The summed E-state index contributed by atoms with van der Waals surface area (Å²) >= 11 is 2.97. The molecule has 2 rings (SSSR count). The quantitative estimate of drug-likeness (QED) is 0.859. The molecule has 0 spiro atoms. The van der Waals surface area contributed by atoms with E-state index in [0.29, 0.717) is 5.82 Å².